The molecule has 0 aromatic heterocycles. The molecule has 0 aliphatic heterocycles. The maximum atomic E-state index is 12.2. The number of benzene rings is 2. The van der Waals surface area contributed by atoms with Crippen LogP contribution in [0.1, 0.15) is 15.9 Å². The van der Waals surface area contributed by atoms with Crippen LogP contribution in [0, 0.1) is 0 Å². The molecule has 0 radical (unpaired) electrons. The highest BCUT2D eigenvalue weighted by molar-refractivity contribution is 9.10. The topological polar surface area (TPSA) is 43.1 Å². The lowest BCUT2D eigenvalue weighted by Gasteiger charge is -2.05. The molecule has 0 spiro atoms. The van der Waals surface area contributed by atoms with E-state index in [2.05, 4.69) is 15.9 Å². The Kier molecular flexibility index (Phi) is 3.50. The minimum atomic E-state index is -0.0839. The van der Waals surface area contributed by atoms with Crippen molar-refractivity contribution in [2.24, 2.45) is 0 Å². The van der Waals surface area contributed by atoms with E-state index in [0.717, 1.165) is 0 Å². The van der Waals surface area contributed by atoms with Gasteiger partial charge in [-0.25, -0.2) is 0 Å². The zero-order valence-corrected chi connectivity index (χ0v) is 11.1. The van der Waals surface area contributed by atoms with Crippen LogP contribution < -0.4 is 5.73 Å². The summed E-state index contributed by atoms with van der Waals surface area (Å²) in [6, 6.07) is 12.0. The fourth-order valence-electron chi connectivity index (χ4n) is 1.50. The van der Waals surface area contributed by atoms with Gasteiger partial charge in [-0.05, 0) is 46.3 Å². The van der Waals surface area contributed by atoms with Crippen LogP contribution in [0.4, 0.5) is 5.69 Å². The van der Waals surface area contributed by atoms with Crippen LogP contribution in [0.15, 0.2) is 46.9 Å². The molecular weight excluding hydrogens is 302 g/mol. The van der Waals surface area contributed by atoms with Crippen molar-refractivity contribution >= 4 is 39.0 Å². The first-order valence-corrected chi connectivity index (χ1v) is 6.10. The Morgan fingerprint density at radius 1 is 1.18 bits per heavy atom. The fraction of sp³-hybridized carbons (Fsp3) is 0. The van der Waals surface area contributed by atoms with E-state index in [0.29, 0.717) is 26.3 Å². The molecule has 0 bridgehead atoms. The van der Waals surface area contributed by atoms with E-state index in [1.165, 1.54) is 0 Å². The number of rotatable bonds is 2. The van der Waals surface area contributed by atoms with Crippen molar-refractivity contribution in [1.82, 2.24) is 0 Å². The van der Waals surface area contributed by atoms with Crippen LogP contribution in [0.25, 0.3) is 0 Å². The Balaban J connectivity index is 2.44. The Morgan fingerprint density at radius 2 is 1.94 bits per heavy atom. The lowest BCUT2D eigenvalue weighted by atomic mass is 10.0. The molecule has 0 amide bonds. The number of hydrogen-bond donors (Lipinski definition) is 1. The SMILES string of the molecule is Nc1ccc(C(=O)c2cccc(Cl)c2)c(Br)c1. The summed E-state index contributed by atoms with van der Waals surface area (Å²) in [6.07, 6.45) is 0. The molecule has 0 atom stereocenters. The fourth-order valence-corrected chi connectivity index (χ4v) is 2.27. The first-order chi connectivity index (χ1) is 8.08. The number of anilines is 1. The number of nitrogen functional groups attached to an aromatic ring is 1. The second kappa shape index (κ2) is 4.90. The molecule has 2 nitrogen and oxygen atoms in total. The highest BCUT2D eigenvalue weighted by atomic mass is 79.9. The van der Waals surface area contributed by atoms with Gasteiger partial charge in [0.05, 0.1) is 0 Å². The van der Waals surface area contributed by atoms with Crippen molar-refractivity contribution in [3.8, 4) is 0 Å². The van der Waals surface area contributed by atoms with Crippen LogP contribution in [-0.4, -0.2) is 5.78 Å². The molecule has 0 saturated heterocycles. The van der Waals surface area contributed by atoms with Gasteiger partial charge in [-0.2, -0.15) is 0 Å². The molecule has 17 heavy (non-hydrogen) atoms. The van der Waals surface area contributed by atoms with Crippen molar-refractivity contribution < 1.29 is 4.79 Å². The van der Waals surface area contributed by atoms with Crippen LogP contribution >= 0.6 is 27.5 Å². The Labute approximate surface area is 113 Å². The molecule has 0 unspecified atom stereocenters. The average Bonchev–Trinajstić information content (AvgIpc) is 2.28. The van der Waals surface area contributed by atoms with Crippen LogP contribution in [0.3, 0.4) is 0 Å². The molecule has 0 saturated carbocycles. The third kappa shape index (κ3) is 2.68. The van der Waals surface area contributed by atoms with Crippen molar-refractivity contribution in [2.75, 3.05) is 5.73 Å². The summed E-state index contributed by atoms with van der Waals surface area (Å²) in [5, 5.41) is 0.544. The van der Waals surface area contributed by atoms with E-state index in [1.54, 1.807) is 42.5 Å². The van der Waals surface area contributed by atoms with Gasteiger partial charge >= 0.3 is 0 Å². The molecular formula is C13H9BrClNO. The third-order valence-electron chi connectivity index (χ3n) is 2.32. The van der Waals surface area contributed by atoms with Gasteiger partial charge in [-0.15, -0.1) is 0 Å². The summed E-state index contributed by atoms with van der Waals surface area (Å²) in [7, 11) is 0. The average molecular weight is 311 g/mol. The largest absolute Gasteiger partial charge is 0.399 e. The van der Waals surface area contributed by atoms with E-state index in [-0.39, 0.29) is 5.78 Å². The summed E-state index contributed by atoms with van der Waals surface area (Å²) in [5.41, 5.74) is 7.37. The summed E-state index contributed by atoms with van der Waals surface area (Å²) in [4.78, 5) is 12.2. The minimum absolute atomic E-state index is 0.0839. The summed E-state index contributed by atoms with van der Waals surface area (Å²) < 4.78 is 0.683. The molecule has 2 rings (SSSR count). The maximum absolute atomic E-state index is 12.2. The summed E-state index contributed by atoms with van der Waals surface area (Å²) >= 11 is 9.19. The van der Waals surface area contributed by atoms with Gasteiger partial charge in [0.2, 0.25) is 0 Å². The highest BCUT2D eigenvalue weighted by Gasteiger charge is 2.12. The van der Waals surface area contributed by atoms with Gasteiger partial charge in [0.15, 0.2) is 5.78 Å². The molecule has 2 aromatic rings. The molecule has 4 heteroatoms. The zero-order valence-electron chi connectivity index (χ0n) is 8.78. The van der Waals surface area contributed by atoms with Gasteiger partial charge < -0.3 is 5.73 Å². The first kappa shape index (κ1) is 12.1. The molecule has 2 aromatic carbocycles. The monoisotopic (exact) mass is 309 g/mol. The number of halogens is 2. The quantitative estimate of drug-likeness (QED) is 0.675. The van der Waals surface area contributed by atoms with Crippen molar-refractivity contribution in [2.45, 2.75) is 0 Å². The molecule has 0 heterocycles. The van der Waals surface area contributed by atoms with Crippen LogP contribution in [0.2, 0.25) is 5.02 Å². The second-order valence-electron chi connectivity index (χ2n) is 3.58. The predicted octanol–water partition coefficient (Wildman–Crippen LogP) is 3.92. The predicted molar refractivity (Wildman–Crippen MR) is 73.4 cm³/mol. The van der Waals surface area contributed by atoms with Gasteiger partial charge in [-0.3, -0.25) is 4.79 Å². The molecule has 86 valence electrons. The lowest BCUT2D eigenvalue weighted by molar-refractivity contribution is 0.103. The standard InChI is InChI=1S/C13H9BrClNO/c14-12-7-10(16)4-5-11(12)13(17)8-2-1-3-9(15)6-8/h1-7H,16H2. The van der Waals surface area contributed by atoms with E-state index >= 15 is 0 Å². The number of carbonyl (C=O) groups excluding carboxylic acids is 1. The number of hydrogen-bond acceptors (Lipinski definition) is 2. The van der Waals surface area contributed by atoms with Gasteiger partial charge in [0, 0.05) is 26.3 Å². The van der Waals surface area contributed by atoms with Crippen LogP contribution in [-0.2, 0) is 0 Å². The van der Waals surface area contributed by atoms with Crippen molar-refractivity contribution in [3.63, 3.8) is 0 Å². The van der Waals surface area contributed by atoms with Crippen LogP contribution in [0.5, 0.6) is 0 Å². The van der Waals surface area contributed by atoms with Crippen molar-refractivity contribution in [3.05, 3.63) is 63.1 Å². The Hall–Kier alpha value is -1.32. The molecule has 2 N–H and O–H groups in total. The smallest absolute Gasteiger partial charge is 0.194 e. The molecule has 0 aliphatic carbocycles. The first-order valence-electron chi connectivity index (χ1n) is 4.93. The van der Waals surface area contributed by atoms with E-state index in [9.17, 15) is 4.79 Å². The highest BCUT2D eigenvalue weighted by Crippen LogP contribution is 2.23. The lowest BCUT2D eigenvalue weighted by Crippen LogP contribution is -2.02. The summed E-state index contributed by atoms with van der Waals surface area (Å²) in [5.74, 6) is -0.0839. The number of nitrogens with two attached hydrogens (primary N) is 1. The van der Waals surface area contributed by atoms with Gasteiger partial charge in [0.1, 0.15) is 0 Å². The second-order valence-corrected chi connectivity index (χ2v) is 4.87. The maximum Gasteiger partial charge on any atom is 0.194 e. The minimum Gasteiger partial charge on any atom is -0.399 e. The Bertz CT molecular complexity index is 583. The van der Waals surface area contributed by atoms with E-state index < -0.39 is 0 Å². The number of ketones is 1. The third-order valence-corrected chi connectivity index (χ3v) is 3.22. The van der Waals surface area contributed by atoms with E-state index in [1.807, 2.05) is 0 Å². The normalized spacial score (nSPS) is 10.2. The molecule has 0 aliphatic rings. The Morgan fingerprint density at radius 3 is 2.59 bits per heavy atom. The van der Waals surface area contributed by atoms with E-state index in [4.69, 9.17) is 17.3 Å². The van der Waals surface area contributed by atoms with Gasteiger partial charge in [-0.1, -0.05) is 23.7 Å². The van der Waals surface area contributed by atoms with Gasteiger partial charge in [0.25, 0.3) is 0 Å². The number of carbonyl (C=O) groups is 1. The summed E-state index contributed by atoms with van der Waals surface area (Å²) in [6.45, 7) is 0. The molecule has 0 fully saturated rings. The van der Waals surface area contributed by atoms with Crippen molar-refractivity contribution in [1.29, 1.82) is 0 Å². The zero-order chi connectivity index (χ0) is 12.4.